The van der Waals surface area contributed by atoms with Gasteiger partial charge in [-0.3, -0.25) is 0 Å². The third kappa shape index (κ3) is 3.46. The molecule has 0 aliphatic carbocycles. The van der Waals surface area contributed by atoms with Gasteiger partial charge in [-0.15, -0.1) is 11.3 Å². The van der Waals surface area contributed by atoms with E-state index in [0.29, 0.717) is 13.2 Å². The molecule has 0 bridgehead atoms. The molecule has 0 spiro atoms. The van der Waals surface area contributed by atoms with Crippen molar-refractivity contribution in [3.05, 3.63) is 75.0 Å². The summed E-state index contributed by atoms with van der Waals surface area (Å²) in [5.74, 6) is 0.0676. The van der Waals surface area contributed by atoms with Crippen molar-refractivity contribution in [3.8, 4) is 0 Å². The fourth-order valence-electron chi connectivity index (χ4n) is 4.22. The quantitative estimate of drug-likeness (QED) is 0.653. The number of rotatable bonds is 4. The van der Waals surface area contributed by atoms with E-state index in [1.54, 1.807) is 0 Å². The first-order chi connectivity index (χ1) is 13.5. The summed E-state index contributed by atoms with van der Waals surface area (Å²) in [6.07, 6.45) is -0.419. The number of hydrogen-bond acceptors (Lipinski definition) is 3. The topological polar surface area (TPSA) is 29.5 Å². The second-order valence-corrected chi connectivity index (χ2v) is 11.1. The van der Waals surface area contributed by atoms with Crippen molar-refractivity contribution in [2.75, 3.05) is 13.2 Å². The third-order valence-electron chi connectivity index (χ3n) is 5.63. The molecule has 0 radical (unpaired) electrons. The van der Waals surface area contributed by atoms with Gasteiger partial charge in [0.1, 0.15) is 0 Å². The second-order valence-electron chi connectivity index (χ2n) is 7.60. The summed E-state index contributed by atoms with van der Waals surface area (Å²) in [6, 6.07) is 17.5. The van der Waals surface area contributed by atoms with Gasteiger partial charge in [0.2, 0.25) is 0 Å². The van der Waals surface area contributed by atoms with Gasteiger partial charge in [-0.05, 0) is 62.9 Å². The Kier molecular flexibility index (Phi) is 5.71. The Balaban J connectivity index is 1.99. The summed E-state index contributed by atoms with van der Waals surface area (Å²) in [5, 5.41) is 14.9. The van der Waals surface area contributed by atoms with Gasteiger partial charge in [-0.25, -0.2) is 0 Å². The molecular formula is C24H27O2PS. The lowest BCUT2D eigenvalue weighted by Crippen LogP contribution is -2.29. The van der Waals surface area contributed by atoms with Gasteiger partial charge in [-0.1, -0.05) is 48.5 Å². The van der Waals surface area contributed by atoms with Crippen LogP contribution >= 0.6 is 19.3 Å². The zero-order valence-corrected chi connectivity index (χ0v) is 18.6. The SMILES string of the molecule is Cc1ccccc1P(c1ccccc1C)c1c(C)sc(C)c1[C@H]1COC[C@@H]1O. The number of ether oxygens (including phenoxy) is 1. The number of aliphatic hydroxyl groups is 1. The molecule has 4 rings (SSSR count). The molecular weight excluding hydrogens is 383 g/mol. The van der Waals surface area contributed by atoms with Gasteiger partial charge in [0, 0.05) is 21.0 Å². The van der Waals surface area contributed by atoms with Gasteiger partial charge < -0.3 is 9.84 Å². The van der Waals surface area contributed by atoms with Gasteiger partial charge in [-0.2, -0.15) is 0 Å². The zero-order valence-electron chi connectivity index (χ0n) is 16.9. The molecule has 1 aliphatic rings. The van der Waals surface area contributed by atoms with Crippen LogP contribution in [0.15, 0.2) is 48.5 Å². The maximum atomic E-state index is 10.6. The molecule has 2 atom stereocenters. The minimum atomic E-state index is -0.700. The Hall–Kier alpha value is -1.51. The summed E-state index contributed by atoms with van der Waals surface area (Å²) >= 11 is 1.86. The number of aryl methyl sites for hydroxylation is 4. The fourth-order valence-corrected chi connectivity index (χ4v) is 8.69. The van der Waals surface area contributed by atoms with E-state index in [4.69, 9.17) is 4.74 Å². The van der Waals surface area contributed by atoms with Crippen LogP contribution in [0.4, 0.5) is 0 Å². The normalized spacial score (nSPS) is 19.5. The van der Waals surface area contributed by atoms with E-state index < -0.39 is 14.0 Å². The van der Waals surface area contributed by atoms with Crippen molar-refractivity contribution >= 4 is 35.2 Å². The number of thiophene rings is 1. The van der Waals surface area contributed by atoms with Crippen molar-refractivity contribution in [3.63, 3.8) is 0 Å². The van der Waals surface area contributed by atoms with Gasteiger partial charge in [0.25, 0.3) is 0 Å². The molecule has 1 saturated heterocycles. The van der Waals surface area contributed by atoms with E-state index in [1.807, 2.05) is 11.3 Å². The first-order valence-corrected chi connectivity index (χ1v) is 11.9. The van der Waals surface area contributed by atoms with E-state index in [0.717, 1.165) is 0 Å². The van der Waals surface area contributed by atoms with Crippen LogP contribution in [0.1, 0.15) is 32.4 Å². The molecule has 1 fully saturated rings. The minimum Gasteiger partial charge on any atom is -0.390 e. The number of benzene rings is 2. The average Bonchev–Trinajstić information content (AvgIpc) is 3.20. The van der Waals surface area contributed by atoms with Crippen LogP contribution in [-0.2, 0) is 4.74 Å². The summed E-state index contributed by atoms with van der Waals surface area (Å²) in [5.41, 5.74) is 3.98. The van der Waals surface area contributed by atoms with Gasteiger partial charge in [0.05, 0.1) is 19.3 Å². The largest absolute Gasteiger partial charge is 0.390 e. The van der Waals surface area contributed by atoms with Crippen LogP contribution in [0.5, 0.6) is 0 Å². The zero-order chi connectivity index (χ0) is 19.8. The third-order valence-corrected chi connectivity index (χ3v) is 9.81. The lowest BCUT2D eigenvalue weighted by molar-refractivity contribution is 0.124. The van der Waals surface area contributed by atoms with E-state index in [1.165, 1.54) is 42.4 Å². The van der Waals surface area contributed by atoms with Gasteiger partial charge in [0.15, 0.2) is 0 Å². The fraction of sp³-hybridized carbons (Fsp3) is 0.333. The Morgan fingerprint density at radius 3 is 1.93 bits per heavy atom. The highest BCUT2D eigenvalue weighted by atomic mass is 32.1. The van der Waals surface area contributed by atoms with Crippen molar-refractivity contribution in [1.82, 2.24) is 0 Å². The van der Waals surface area contributed by atoms with Crippen LogP contribution < -0.4 is 15.9 Å². The van der Waals surface area contributed by atoms with Crippen molar-refractivity contribution in [2.45, 2.75) is 39.7 Å². The first-order valence-electron chi connectivity index (χ1n) is 9.76. The maximum absolute atomic E-state index is 10.6. The standard InChI is InChI=1S/C24H27O2PS/c1-15-9-5-7-11-21(15)27(22-12-8-6-10-16(22)2)24-18(4)28-17(3)23(24)19-13-26-14-20(19)25/h5-12,19-20,25H,13-14H2,1-4H3/t19-,20-/m0/s1. The van der Waals surface area contributed by atoms with E-state index in [9.17, 15) is 5.11 Å². The Morgan fingerprint density at radius 1 is 0.857 bits per heavy atom. The molecule has 0 unspecified atom stereocenters. The van der Waals surface area contributed by atoms with Crippen molar-refractivity contribution in [1.29, 1.82) is 0 Å². The smallest absolute Gasteiger partial charge is 0.0864 e. The molecule has 146 valence electrons. The average molecular weight is 411 g/mol. The van der Waals surface area contributed by atoms with Crippen LogP contribution in [-0.4, -0.2) is 24.4 Å². The highest BCUT2D eigenvalue weighted by Crippen LogP contribution is 2.44. The molecule has 2 aromatic carbocycles. The monoisotopic (exact) mass is 410 g/mol. The predicted octanol–water partition coefficient (Wildman–Crippen LogP) is 4.21. The molecule has 1 N–H and O–H groups in total. The second kappa shape index (κ2) is 8.08. The summed E-state index contributed by atoms with van der Waals surface area (Å²) in [6.45, 7) is 9.91. The number of hydrogen-bond donors (Lipinski definition) is 1. The Morgan fingerprint density at radius 2 is 1.43 bits per heavy atom. The minimum absolute atomic E-state index is 0.0676. The Labute approximate surface area is 173 Å². The predicted molar refractivity (Wildman–Crippen MR) is 122 cm³/mol. The molecule has 0 saturated carbocycles. The van der Waals surface area contributed by atoms with Crippen LogP contribution in [0.2, 0.25) is 0 Å². The summed E-state index contributed by atoms with van der Waals surface area (Å²) < 4.78 is 5.64. The van der Waals surface area contributed by atoms with E-state index >= 15 is 0 Å². The number of aliphatic hydroxyl groups excluding tert-OH is 1. The molecule has 1 aromatic heterocycles. The highest BCUT2D eigenvalue weighted by Gasteiger charge is 2.36. The molecule has 2 nitrogen and oxygen atoms in total. The van der Waals surface area contributed by atoms with E-state index in [2.05, 4.69) is 76.2 Å². The van der Waals surface area contributed by atoms with Gasteiger partial charge >= 0.3 is 0 Å². The van der Waals surface area contributed by atoms with Crippen molar-refractivity contribution < 1.29 is 9.84 Å². The van der Waals surface area contributed by atoms with Crippen LogP contribution in [0.25, 0.3) is 0 Å². The molecule has 3 aromatic rings. The van der Waals surface area contributed by atoms with Crippen molar-refractivity contribution in [2.24, 2.45) is 0 Å². The lowest BCUT2D eigenvalue weighted by Gasteiger charge is -2.26. The van der Waals surface area contributed by atoms with E-state index in [-0.39, 0.29) is 5.92 Å². The molecule has 1 aliphatic heterocycles. The first kappa shape index (κ1) is 19.8. The summed E-state index contributed by atoms with van der Waals surface area (Å²) in [7, 11) is -0.700. The molecule has 28 heavy (non-hydrogen) atoms. The highest BCUT2D eigenvalue weighted by molar-refractivity contribution is 7.80. The molecule has 2 heterocycles. The summed E-state index contributed by atoms with van der Waals surface area (Å²) in [4.78, 5) is 2.68. The molecule has 4 heteroatoms. The van der Waals surface area contributed by atoms with Crippen LogP contribution in [0, 0.1) is 27.7 Å². The molecule has 0 amide bonds. The van der Waals surface area contributed by atoms with Crippen LogP contribution in [0.3, 0.4) is 0 Å². The Bertz CT molecular complexity index is 949. The maximum Gasteiger partial charge on any atom is 0.0864 e. The lowest BCUT2D eigenvalue weighted by atomic mass is 9.96.